The SMILES string of the molecule is CC(C)C1C(=O)C[C@]2(NC(=O)NCc3cccnc3)CC[C@]3(C)C(=C12)CCC1[C@@]2(C)CC[C@H](OC(=O)CC(C)(C)C(=O)O)C(C)(C)C2CC[C@]13C. The molecular formula is C42H61N3O6. The van der Waals surface area contributed by atoms with Crippen LogP contribution in [0.15, 0.2) is 35.7 Å². The van der Waals surface area contributed by atoms with Gasteiger partial charge in [-0.2, -0.15) is 0 Å². The van der Waals surface area contributed by atoms with Gasteiger partial charge >= 0.3 is 18.0 Å². The number of nitrogens with zero attached hydrogens (tertiary/aromatic N) is 1. The number of aliphatic carboxylic acids is 1. The number of nitrogens with one attached hydrogen (secondary N) is 2. The summed E-state index contributed by atoms with van der Waals surface area (Å²) >= 11 is 0. The van der Waals surface area contributed by atoms with Gasteiger partial charge in [-0.1, -0.05) is 60.1 Å². The van der Waals surface area contributed by atoms with E-state index in [2.05, 4.69) is 64.1 Å². The molecule has 4 saturated carbocycles. The molecule has 0 radical (unpaired) electrons. The molecule has 6 rings (SSSR count). The first-order valence-corrected chi connectivity index (χ1v) is 19.4. The van der Waals surface area contributed by atoms with E-state index in [-0.39, 0.29) is 57.8 Å². The van der Waals surface area contributed by atoms with E-state index >= 15 is 0 Å². The first kappa shape index (κ1) is 37.5. The Morgan fingerprint density at radius 2 is 1.75 bits per heavy atom. The fourth-order valence-corrected chi connectivity index (χ4v) is 12.4. The number of carboxylic acid groups (broad SMARTS) is 1. The maximum Gasteiger partial charge on any atom is 0.315 e. The molecule has 2 amide bonds. The Morgan fingerprint density at radius 1 is 1.02 bits per heavy atom. The summed E-state index contributed by atoms with van der Waals surface area (Å²) in [5, 5.41) is 16.0. The third-order valence-electron chi connectivity index (χ3n) is 15.3. The van der Waals surface area contributed by atoms with Crippen molar-refractivity contribution >= 4 is 23.8 Å². The molecule has 51 heavy (non-hydrogen) atoms. The van der Waals surface area contributed by atoms with Crippen molar-refractivity contribution in [3.63, 3.8) is 0 Å². The Morgan fingerprint density at radius 3 is 2.39 bits per heavy atom. The molecular weight excluding hydrogens is 642 g/mol. The van der Waals surface area contributed by atoms with Gasteiger partial charge in [0.2, 0.25) is 0 Å². The van der Waals surface area contributed by atoms with Crippen molar-refractivity contribution in [1.82, 2.24) is 15.6 Å². The van der Waals surface area contributed by atoms with Gasteiger partial charge in [0.15, 0.2) is 0 Å². The number of carbonyl (C=O) groups excluding carboxylic acids is 3. The highest BCUT2D eigenvalue weighted by atomic mass is 16.5. The molecule has 8 atom stereocenters. The summed E-state index contributed by atoms with van der Waals surface area (Å²) in [6, 6.07) is 3.56. The average Bonchev–Trinajstić information content (AvgIpc) is 3.33. The lowest BCUT2D eigenvalue weighted by Gasteiger charge is -2.70. The number of Topliss-reactive ketones (excluding diaryl/α,β-unsaturated/α-hetero) is 1. The minimum Gasteiger partial charge on any atom is -0.481 e. The fraction of sp³-hybridized carbons (Fsp3) is 0.738. The van der Waals surface area contributed by atoms with Gasteiger partial charge in [-0.05, 0) is 116 Å². The maximum atomic E-state index is 13.9. The first-order chi connectivity index (χ1) is 23.7. The van der Waals surface area contributed by atoms with Crippen LogP contribution >= 0.6 is 0 Å². The van der Waals surface area contributed by atoms with Crippen LogP contribution in [0.3, 0.4) is 0 Å². The molecule has 5 aliphatic carbocycles. The lowest BCUT2D eigenvalue weighted by atomic mass is 9.34. The number of rotatable bonds is 8. The van der Waals surface area contributed by atoms with E-state index in [1.165, 1.54) is 11.1 Å². The van der Waals surface area contributed by atoms with Crippen molar-refractivity contribution in [3.05, 3.63) is 41.2 Å². The number of hydrogen-bond acceptors (Lipinski definition) is 6. The van der Waals surface area contributed by atoms with E-state index in [0.717, 1.165) is 56.9 Å². The quantitative estimate of drug-likeness (QED) is 0.184. The predicted octanol–water partition coefficient (Wildman–Crippen LogP) is 8.03. The molecule has 9 heteroatoms. The van der Waals surface area contributed by atoms with Crippen LogP contribution in [0.1, 0.15) is 132 Å². The summed E-state index contributed by atoms with van der Waals surface area (Å²) in [5.41, 5.74) is 1.41. The molecule has 0 saturated heterocycles. The number of esters is 1. The van der Waals surface area contributed by atoms with E-state index in [1.807, 2.05) is 12.1 Å². The molecule has 4 fully saturated rings. The zero-order valence-electron chi connectivity index (χ0n) is 32.4. The molecule has 5 aliphatic rings. The molecule has 3 N–H and O–H groups in total. The molecule has 0 aromatic carbocycles. The summed E-state index contributed by atoms with van der Waals surface area (Å²) in [4.78, 5) is 56.4. The van der Waals surface area contributed by atoms with Crippen LogP contribution in [0.5, 0.6) is 0 Å². The minimum atomic E-state index is -1.17. The Labute approximate surface area is 304 Å². The largest absolute Gasteiger partial charge is 0.481 e. The number of ketones is 1. The van der Waals surface area contributed by atoms with Gasteiger partial charge in [0.05, 0.1) is 17.4 Å². The highest BCUT2D eigenvalue weighted by molar-refractivity contribution is 5.92. The van der Waals surface area contributed by atoms with Gasteiger partial charge in [0.25, 0.3) is 0 Å². The summed E-state index contributed by atoms with van der Waals surface area (Å²) in [6.45, 7) is 19.8. The highest BCUT2D eigenvalue weighted by Gasteiger charge is 2.69. The summed E-state index contributed by atoms with van der Waals surface area (Å²) in [6.07, 6.45) is 10.8. The van der Waals surface area contributed by atoms with Crippen LogP contribution in [0.4, 0.5) is 4.79 Å². The van der Waals surface area contributed by atoms with Gasteiger partial charge in [-0.25, -0.2) is 4.79 Å². The number of urea groups is 1. The molecule has 1 heterocycles. The number of carbonyl (C=O) groups is 4. The van der Waals surface area contributed by atoms with Crippen molar-refractivity contribution in [2.75, 3.05) is 0 Å². The lowest BCUT2D eigenvalue weighted by Crippen LogP contribution is -2.65. The summed E-state index contributed by atoms with van der Waals surface area (Å²) in [7, 11) is 0. The van der Waals surface area contributed by atoms with Crippen LogP contribution in [0.2, 0.25) is 0 Å². The zero-order valence-corrected chi connectivity index (χ0v) is 32.4. The van der Waals surface area contributed by atoms with Crippen molar-refractivity contribution in [1.29, 1.82) is 0 Å². The third-order valence-corrected chi connectivity index (χ3v) is 15.3. The van der Waals surface area contributed by atoms with Crippen LogP contribution in [0, 0.1) is 50.7 Å². The monoisotopic (exact) mass is 703 g/mol. The Hall–Kier alpha value is -3.23. The first-order valence-electron chi connectivity index (χ1n) is 19.4. The minimum absolute atomic E-state index is 0.00579. The van der Waals surface area contributed by atoms with Crippen molar-refractivity contribution in [2.45, 2.75) is 145 Å². The lowest BCUT2D eigenvalue weighted by molar-refractivity contribution is -0.214. The topological polar surface area (TPSA) is 135 Å². The number of amides is 2. The third kappa shape index (κ3) is 5.93. The van der Waals surface area contributed by atoms with Crippen molar-refractivity contribution in [2.24, 2.45) is 50.7 Å². The number of ether oxygens (including phenoxy) is 1. The highest BCUT2D eigenvalue weighted by Crippen LogP contribution is 2.75. The second-order valence-corrected chi connectivity index (χ2v) is 19.2. The van der Waals surface area contributed by atoms with Crippen molar-refractivity contribution in [3.8, 4) is 0 Å². The van der Waals surface area contributed by atoms with Gasteiger partial charge in [-0.15, -0.1) is 0 Å². The number of aromatic nitrogens is 1. The normalized spacial score (nSPS) is 37.1. The molecule has 9 nitrogen and oxygen atoms in total. The zero-order chi connectivity index (χ0) is 37.4. The molecule has 0 spiro atoms. The smallest absolute Gasteiger partial charge is 0.315 e. The standard InChI is InChI=1S/C42H61N3O6/c1-25(2)33-28(46)21-42(45-36(50)44-24-26-11-10-20-43-23-26)19-18-40(8)27(34(33)42)12-13-30-39(7)16-15-31(51-32(47)22-37(3,4)35(48)49)38(5,6)29(39)14-17-41(30,40)9/h10-11,20,23,25,29-31,33H,12-19,21-22,24H2,1-9H3,(H,48,49)(H2,44,45,50)/t29?,30?,31-,33?,39-,40+,41+,42+/m0/s1. The molecule has 1 aromatic rings. The van der Waals surface area contributed by atoms with Crippen molar-refractivity contribution < 1.29 is 29.0 Å². The fourth-order valence-electron chi connectivity index (χ4n) is 12.4. The Kier molecular flexibility index (Phi) is 9.36. The Balaban J connectivity index is 1.29. The maximum absolute atomic E-state index is 13.9. The van der Waals surface area contributed by atoms with E-state index in [4.69, 9.17) is 4.74 Å². The number of fused-ring (bicyclic) bond motifs is 6. The number of hydrogen-bond donors (Lipinski definition) is 3. The Bertz CT molecular complexity index is 1620. The van der Waals surface area contributed by atoms with E-state index < -0.39 is 22.9 Å². The predicted molar refractivity (Wildman–Crippen MR) is 195 cm³/mol. The number of allylic oxidation sites excluding steroid dienone is 1. The van der Waals surface area contributed by atoms with E-state index in [0.29, 0.717) is 24.8 Å². The molecule has 0 bridgehead atoms. The molecule has 1 aromatic heterocycles. The van der Waals surface area contributed by atoms with Gasteiger partial charge in [0, 0.05) is 36.7 Å². The van der Waals surface area contributed by atoms with Crippen LogP contribution < -0.4 is 10.6 Å². The van der Waals surface area contributed by atoms with E-state index in [1.54, 1.807) is 26.2 Å². The molecule has 3 unspecified atom stereocenters. The van der Waals surface area contributed by atoms with Gasteiger partial charge < -0.3 is 20.5 Å². The van der Waals surface area contributed by atoms with E-state index in [9.17, 15) is 24.3 Å². The van der Waals surface area contributed by atoms with Gasteiger partial charge in [-0.3, -0.25) is 19.4 Å². The summed E-state index contributed by atoms with van der Waals surface area (Å²) in [5.74, 6) is -0.426. The van der Waals surface area contributed by atoms with Crippen LogP contribution in [0.25, 0.3) is 0 Å². The molecule has 280 valence electrons. The molecule has 0 aliphatic heterocycles. The number of carboxylic acids is 1. The van der Waals surface area contributed by atoms with Crippen LogP contribution in [-0.4, -0.2) is 45.5 Å². The average molecular weight is 704 g/mol. The van der Waals surface area contributed by atoms with Crippen LogP contribution in [-0.2, 0) is 25.7 Å². The second kappa shape index (κ2) is 12.7. The second-order valence-electron chi connectivity index (χ2n) is 19.2. The van der Waals surface area contributed by atoms with Gasteiger partial charge in [0.1, 0.15) is 11.9 Å². The number of pyridine rings is 1. The summed E-state index contributed by atoms with van der Waals surface area (Å²) < 4.78 is 6.15.